The fourth-order valence-electron chi connectivity index (χ4n) is 3.57. The molecule has 3 rings (SSSR count). The minimum atomic E-state index is 0.156. The van der Waals surface area contributed by atoms with Gasteiger partial charge in [0.1, 0.15) is 11.6 Å². The summed E-state index contributed by atoms with van der Waals surface area (Å²) in [6.45, 7) is 2.73. The first-order valence-corrected chi connectivity index (χ1v) is 7.02. The van der Waals surface area contributed by atoms with Gasteiger partial charge in [-0.3, -0.25) is 0 Å². The zero-order chi connectivity index (χ0) is 12.5. The van der Waals surface area contributed by atoms with Crippen molar-refractivity contribution in [1.82, 2.24) is 20.1 Å². The van der Waals surface area contributed by atoms with E-state index >= 15 is 0 Å². The number of fused-ring (bicyclic) bond motifs is 2. The second-order valence-electron chi connectivity index (χ2n) is 5.72. The molecule has 2 aliphatic rings. The first kappa shape index (κ1) is 12.1. The van der Waals surface area contributed by atoms with Crippen LogP contribution in [-0.2, 0) is 13.0 Å². The molecule has 2 saturated heterocycles. The lowest BCUT2D eigenvalue weighted by atomic mass is 9.89. The fraction of sp³-hybridized carbons (Fsp3) is 0.846. The van der Waals surface area contributed by atoms with Crippen molar-refractivity contribution in [3.8, 4) is 0 Å². The van der Waals surface area contributed by atoms with Crippen LogP contribution in [0.5, 0.6) is 0 Å². The maximum atomic E-state index is 9.10. The maximum Gasteiger partial charge on any atom is 0.133 e. The Morgan fingerprint density at radius 2 is 2.00 bits per heavy atom. The van der Waals surface area contributed by atoms with E-state index in [1.807, 2.05) is 6.92 Å². The third-order valence-electron chi connectivity index (χ3n) is 4.38. The summed E-state index contributed by atoms with van der Waals surface area (Å²) < 4.78 is 2.06. The van der Waals surface area contributed by atoms with Crippen molar-refractivity contribution in [3.63, 3.8) is 0 Å². The van der Waals surface area contributed by atoms with E-state index in [1.165, 1.54) is 25.7 Å². The third-order valence-corrected chi connectivity index (χ3v) is 4.38. The predicted molar refractivity (Wildman–Crippen MR) is 68.2 cm³/mol. The van der Waals surface area contributed by atoms with Gasteiger partial charge in [-0.15, -0.1) is 10.2 Å². The summed E-state index contributed by atoms with van der Waals surface area (Å²) in [6, 6.07) is 1.45. The van der Waals surface area contributed by atoms with E-state index in [2.05, 4.69) is 20.1 Å². The Labute approximate surface area is 108 Å². The number of aliphatic hydroxyl groups excluding tert-OH is 1. The van der Waals surface area contributed by atoms with Crippen molar-refractivity contribution in [2.24, 2.45) is 5.92 Å². The Morgan fingerprint density at radius 3 is 2.67 bits per heavy atom. The smallest absolute Gasteiger partial charge is 0.133 e. The van der Waals surface area contributed by atoms with E-state index in [9.17, 15) is 0 Å². The molecule has 0 spiro atoms. The number of nitrogens with zero attached hydrogens (tertiary/aromatic N) is 3. The normalized spacial score (nSPS) is 30.9. The number of hydrogen-bond donors (Lipinski definition) is 2. The fourth-order valence-corrected chi connectivity index (χ4v) is 3.57. The summed E-state index contributed by atoms with van der Waals surface area (Å²) in [5.41, 5.74) is 0. The molecule has 2 aliphatic heterocycles. The molecule has 5 heteroatoms. The van der Waals surface area contributed by atoms with Crippen molar-refractivity contribution < 1.29 is 5.11 Å². The van der Waals surface area contributed by atoms with E-state index in [1.54, 1.807) is 0 Å². The maximum absolute atomic E-state index is 9.10. The topological polar surface area (TPSA) is 63.0 Å². The first-order valence-electron chi connectivity index (χ1n) is 7.02. The average Bonchev–Trinajstić information content (AvgIpc) is 2.86. The standard InChI is InChI=1S/C13H22N4O/c1-9-15-16-13(17(9)4-5-18)8-10-6-11-2-3-12(7-10)14-11/h10-12,14,18H,2-8H2,1H3. The molecule has 0 aliphatic carbocycles. The molecule has 0 saturated carbocycles. The van der Waals surface area contributed by atoms with Gasteiger partial charge in [-0.05, 0) is 38.5 Å². The molecule has 18 heavy (non-hydrogen) atoms. The minimum absolute atomic E-state index is 0.156. The molecular formula is C13H22N4O. The summed E-state index contributed by atoms with van der Waals surface area (Å²) in [7, 11) is 0. The zero-order valence-electron chi connectivity index (χ0n) is 11.0. The monoisotopic (exact) mass is 250 g/mol. The molecule has 3 heterocycles. The number of piperidine rings is 1. The van der Waals surface area contributed by atoms with Gasteiger partial charge >= 0.3 is 0 Å². The van der Waals surface area contributed by atoms with Gasteiger partial charge in [-0.25, -0.2) is 0 Å². The lowest BCUT2D eigenvalue weighted by molar-refractivity contribution is 0.265. The van der Waals surface area contributed by atoms with E-state index < -0.39 is 0 Å². The summed E-state index contributed by atoms with van der Waals surface area (Å²) in [6.07, 6.45) is 6.21. The number of hydrogen-bond acceptors (Lipinski definition) is 4. The highest BCUT2D eigenvalue weighted by Crippen LogP contribution is 2.32. The predicted octanol–water partition coefficient (Wildman–Crippen LogP) is 0.652. The number of aliphatic hydroxyl groups is 1. The van der Waals surface area contributed by atoms with E-state index in [4.69, 9.17) is 5.11 Å². The minimum Gasteiger partial charge on any atom is -0.395 e. The molecule has 2 fully saturated rings. The number of aromatic nitrogens is 3. The number of rotatable bonds is 4. The van der Waals surface area contributed by atoms with Crippen molar-refractivity contribution in [3.05, 3.63) is 11.6 Å². The van der Waals surface area contributed by atoms with Gasteiger partial charge in [0, 0.05) is 25.0 Å². The van der Waals surface area contributed by atoms with Gasteiger partial charge in [-0.1, -0.05) is 0 Å². The highest BCUT2D eigenvalue weighted by molar-refractivity contribution is 4.99. The first-order chi connectivity index (χ1) is 8.76. The molecule has 0 amide bonds. The second-order valence-corrected chi connectivity index (χ2v) is 5.72. The SMILES string of the molecule is Cc1nnc(CC2CC3CCC(C2)N3)n1CCO. The molecule has 2 unspecified atom stereocenters. The molecule has 5 nitrogen and oxygen atoms in total. The largest absolute Gasteiger partial charge is 0.395 e. The average molecular weight is 250 g/mol. The van der Waals surface area contributed by atoms with Crippen LogP contribution in [0.1, 0.15) is 37.3 Å². The highest BCUT2D eigenvalue weighted by atomic mass is 16.3. The molecule has 2 atom stereocenters. The van der Waals surface area contributed by atoms with Gasteiger partial charge < -0.3 is 15.0 Å². The van der Waals surface area contributed by atoms with Crippen molar-refractivity contribution in [2.75, 3.05) is 6.61 Å². The Kier molecular flexibility index (Phi) is 3.35. The van der Waals surface area contributed by atoms with Crippen LogP contribution < -0.4 is 5.32 Å². The van der Waals surface area contributed by atoms with E-state index in [0.717, 1.165) is 36.1 Å². The quantitative estimate of drug-likeness (QED) is 0.823. The molecule has 0 radical (unpaired) electrons. The summed E-state index contributed by atoms with van der Waals surface area (Å²) in [4.78, 5) is 0. The van der Waals surface area contributed by atoms with Crippen LogP contribution in [0.25, 0.3) is 0 Å². The number of aryl methyl sites for hydroxylation is 1. The molecule has 1 aromatic rings. The van der Waals surface area contributed by atoms with Gasteiger partial charge in [0.25, 0.3) is 0 Å². The van der Waals surface area contributed by atoms with Crippen molar-refractivity contribution in [1.29, 1.82) is 0 Å². The van der Waals surface area contributed by atoms with Crippen LogP contribution in [0.3, 0.4) is 0 Å². The zero-order valence-corrected chi connectivity index (χ0v) is 11.0. The Morgan fingerprint density at radius 1 is 1.28 bits per heavy atom. The summed E-state index contributed by atoms with van der Waals surface area (Å²) in [5.74, 6) is 2.69. The van der Waals surface area contributed by atoms with Crippen LogP contribution in [0.15, 0.2) is 0 Å². The van der Waals surface area contributed by atoms with Gasteiger partial charge in [0.2, 0.25) is 0 Å². The van der Waals surface area contributed by atoms with Crippen LogP contribution >= 0.6 is 0 Å². The van der Waals surface area contributed by atoms with Gasteiger partial charge in [0.15, 0.2) is 0 Å². The van der Waals surface area contributed by atoms with Crippen LogP contribution in [0.4, 0.5) is 0 Å². The lowest BCUT2D eigenvalue weighted by Crippen LogP contribution is -2.38. The van der Waals surface area contributed by atoms with Crippen molar-refractivity contribution in [2.45, 2.75) is 57.7 Å². The van der Waals surface area contributed by atoms with E-state index in [-0.39, 0.29) is 6.61 Å². The molecule has 2 N–H and O–H groups in total. The van der Waals surface area contributed by atoms with Crippen molar-refractivity contribution >= 4 is 0 Å². The molecule has 2 bridgehead atoms. The van der Waals surface area contributed by atoms with E-state index in [0.29, 0.717) is 6.54 Å². The molecule has 0 aromatic carbocycles. The Bertz CT molecular complexity index is 405. The lowest BCUT2D eigenvalue weighted by Gasteiger charge is -2.28. The van der Waals surface area contributed by atoms with Crippen LogP contribution in [0, 0.1) is 12.8 Å². The highest BCUT2D eigenvalue weighted by Gasteiger charge is 2.34. The number of nitrogens with one attached hydrogen (secondary N) is 1. The molecular weight excluding hydrogens is 228 g/mol. The third kappa shape index (κ3) is 2.29. The molecule has 100 valence electrons. The summed E-state index contributed by atoms with van der Waals surface area (Å²) >= 11 is 0. The Balaban J connectivity index is 1.69. The van der Waals surface area contributed by atoms with Crippen LogP contribution in [-0.4, -0.2) is 38.6 Å². The van der Waals surface area contributed by atoms with Gasteiger partial charge in [0.05, 0.1) is 6.61 Å². The molecule has 1 aromatic heterocycles. The summed E-state index contributed by atoms with van der Waals surface area (Å²) in [5, 5.41) is 21.2. The second kappa shape index (κ2) is 4.97. The Hall–Kier alpha value is -0.940. The van der Waals surface area contributed by atoms with Crippen LogP contribution in [0.2, 0.25) is 0 Å². The van der Waals surface area contributed by atoms with Gasteiger partial charge in [-0.2, -0.15) is 0 Å².